The van der Waals surface area contributed by atoms with Crippen molar-refractivity contribution in [3.63, 3.8) is 0 Å². The topological polar surface area (TPSA) is 17.1 Å². The second-order valence-corrected chi connectivity index (χ2v) is 11.8. The zero-order valence-corrected chi connectivity index (χ0v) is 22.2. The number of allylic oxidation sites excluding steroid dienone is 4. The van der Waals surface area contributed by atoms with Gasteiger partial charge in [0, 0.05) is 0 Å². The van der Waals surface area contributed by atoms with Gasteiger partial charge in [-0.2, -0.15) is 0 Å². The van der Waals surface area contributed by atoms with Gasteiger partial charge in [-0.25, -0.2) is 6.29 Å². The molecular formula is C17H33IOP2Pt. The van der Waals surface area contributed by atoms with Gasteiger partial charge in [-0.05, 0) is 67.7 Å². The molecule has 0 amide bonds. The van der Waals surface area contributed by atoms with Gasteiger partial charge in [0.25, 0.3) is 0 Å². The maximum atomic E-state index is 10.8. The van der Waals surface area contributed by atoms with Crippen LogP contribution in [0.1, 0.15) is 34.6 Å². The number of hydrogen-bond acceptors (Lipinski definition) is 1. The van der Waals surface area contributed by atoms with Crippen LogP contribution in [0.5, 0.6) is 0 Å². The van der Waals surface area contributed by atoms with Gasteiger partial charge in [0.1, 0.15) is 0 Å². The SMILES string of the molecule is CC1=C(C)C(C)([C-]=O)C(C)=C1C.CP(C)C.CP(C)C.[I][Pt+]. The van der Waals surface area contributed by atoms with E-state index in [9.17, 15) is 4.79 Å². The Kier molecular flexibility index (Phi) is 18.9. The van der Waals surface area contributed by atoms with Gasteiger partial charge >= 0.3 is 35.5 Å². The van der Waals surface area contributed by atoms with E-state index < -0.39 is 5.41 Å². The Labute approximate surface area is 163 Å². The summed E-state index contributed by atoms with van der Waals surface area (Å²) in [5.41, 5.74) is 4.34. The Morgan fingerprint density at radius 2 is 1.00 bits per heavy atom. The Morgan fingerprint density at radius 3 is 1.09 bits per heavy atom. The van der Waals surface area contributed by atoms with Gasteiger partial charge in [-0.3, -0.25) is 0 Å². The molecule has 0 fully saturated rings. The van der Waals surface area contributed by atoms with Crippen molar-refractivity contribution in [2.24, 2.45) is 5.41 Å². The van der Waals surface area contributed by atoms with Crippen LogP contribution in [0.25, 0.3) is 0 Å². The van der Waals surface area contributed by atoms with Crippen LogP contribution < -0.4 is 0 Å². The van der Waals surface area contributed by atoms with Crippen LogP contribution in [0, 0.1) is 5.41 Å². The van der Waals surface area contributed by atoms with Gasteiger partial charge < -0.3 is 4.79 Å². The first-order valence-corrected chi connectivity index (χ1v) is 18.8. The maximum absolute atomic E-state index is 10.8. The molecule has 0 spiro atoms. The van der Waals surface area contributed by atoms with E-state index in [1.807, 2.05) is 20.8 Å². The van der Waals surface area contributed by atoms with Crippen molar-refractivity contribution in [1.29, 1.82) is 0 Å². The zero-order chi connectivity index (χ0) is 18.7. The van der Waals surface area contributed by atoms with Crippen LogP contribution in [0.3, 0.4) is 0 Å². The molecular weight excluding hydrogens is 604 g/mol. The molecule has 134 valence electrons. The number of hydrogen-bond donors (Lipinski definition) is 0. The molecule has 0 aromatic heterocycles. The van der Waals surface area contributed by atoms with Gasteiger partial charge in [0.15, 0.2) is 0 Å². The van der Waals surface area contributed by atoms with E-state index in [4.69, 9.17) is 0 Å². The van der Waals surface area contributed by atoms with Crippen molar-refractivity contribution in [1.82, 2.24) is 0 Å². The van der Waals surface area contributed by atoms with Crippen LogP contribution in [-0.4, -0.2) is 46.3 Å². The third-order valence-electron chi connectivity index (χ3n) is 3.39. The van der Waals surface area contributed by atoms with Crippen LogP contribution in [-0.2, 0) is 20.9 Å². The van der Waals surface area contributed by atoms with E-state index in [0.29, 0.717) is 15.8 Å². The van der Waals surface area contributed by atoms with Crippen molar-refractivity contribution < 1.29 is 20.9 Å². The zero-order valence-electron chi connectivity index (χ0n) is 16.0. The Morgan fingerprint density at radius 1 is 0.818 bits per heavy atom. The molecule has 0 bridgehead atoms. The Bertz CT molecular complexity index is 353. The summed E-state index contributed by atoms with van der Waals surface area (Å²) in [5.74, 6) is 0. The summed E-state index contributed by atoms with van der Waals surface area (Å²) < 4.78 is 0. The average Bonchev–Trinajstić information content (AvgIpc) is 2.56. The molecule has 1 nitrogen and oxygen atoms in total. The molecule has 0 saturated heterocycles. The molecule has 0 saturated carbocycles. The van der Waals surface area contributed by atoms with E-state index in [2.05, 4.69) is 95.6 Å². The van der Waals surface area contributed by atoms with Gasteiger partial charge in [0.05, 0.1) is 0 Å². The molecule has 1 aliphatic carbocycles. The van der Waals surface area contributed by atoms with Crippen LogP contribution >= 0.6 is 35.2 Å². The first-order valence-electron chi connectivity index (χ1n) is 7.01. The molecule has 0 unspecified atom stereocenters. The molecule has 0 heterocycles. The molecule has 5 heteroatoms. The van der Waals surface area contributed by atoms with Crippen molar-refractivity contribution in [3.05, 3.63) is 22.3 Å². The molecule has 0 N–H and O–H groups in total. The third kappa shape index (κ3) is 11.1. The second-order valence-electron chi connectivity index (χ2n) is 6.41. The van der Waals surface area contributed by atoms with Crippen LogP contribution in [0.2, 0.25) is 0 Å². The molecule has 1 rings (SSSR count). The predicted octanol–water partition coefficient (Wildman–Crippen LogP) is 6.39. The standard InChI is InChI=1S/C11H15O.2C3H9P.HI.Pt/c1-7-8(2)10(4)11(5,6-12)9(7)3;2*1-4(2)3;;/h1-5H3;2*1-3H3;1H;/q-1;;;;+2/p-1. The number of carbonyl (C=O) groups excluding carboxylic acids is 1. The summed E-state index contributed by atoms with van der Waals surface area (Å²) in [6.07, 6.45) is 2.13. The monoisotopic (exact) mass is 637 g/mol. The second kappa shape index (κ2) is 14.7. The molecule has 0 aromatic rings. The Hall–Kier alpha value is 1.43. The van der Waals surface area contributed by atoms with Crippen LogP contribution in [0.15, 0.2) is 22.3 Å². The molecule has 22 heavy (non-hydrogen) atoms. The fraction of sp³-hybridized carbons (Fsp3) is 0.706. The quantitative estimate of drug-likeness (QED) is 0.185. The molecule has 0 aliphatic heterocycles. The number of rotatable bonds is 1. The summed E-state index contributed by atoms with van der Waals surface area (Å²) in [6.45, 7) is 23.5. The van der Waals surface area contributed by atoms with E-state index in [0.717, 1.165) is 11.1 Å². The minimum absolute atomic E-state index is 0.380. The van der Waals surface area contributed by atoms with Crippen LogP contribution in [0.4, 0.5) is 0 Å². The summed E-state index contributed by atoms with van der Waals surface area (Å²) in [6, 6.07) is 0. The Balaban J connectivity index is -0.000000301. The van der Waals surface area contributed by atoms with E-state index in [1.54, 1.807) is 0 Å². The van der Waals surface area contributed by atoms with Crippen molar-refractivity contribution in [2.75, 3.05) is 40.0 Å². The van der Waals surface area contributed by atoms with E-state index in [-0.39, 0.29) is 0 Å². The van der Waals surface area contributed by atoms with E-state index in [1.165, 1.54) is 11.1 Å². The summed E-state index contributed by atoms with van der Waals surface area (Å²) in [4.78, 5) is 10.8. The van der Waals surface area contributed by atoms with Gasteiger partial charge in [0.2, 0.25) is 0 Å². The number of halogens is 1. The first-order chi connectivity index (χ1) is 9.91. The first kappa shape index (κ1) is 28.2. The van der Waals surface area contributed by atoms with Gasteiger partial charge in [-0.1, -0.05) is 34.6 Å². The summed E-state index contributed by atoms with van der Waals surface area (Å²) >= 11 is 4.23. The molecule has 0 atom stereocenters. The molecule has 1 aliphatic rings. The normalized spacial score (nSPS) is 15.6. The van der Waals surface area contributed by atoms with Crippen molar-refractivity contribution in [2.45, 2.75) is 34.6 Å². The third-order valence-corrected chi connectivity index (χ3v) is 3.39. The predicted molar refractivity (Wildman–Crippen MR) is 114 cm³/mol. The summed E-state index contributed by atoms with van der Waals surface area (Å²) in [7, 11) is 0.759. The van der Waals surface area contributed by atoms with Gasteiger partial charge in [-0.15, -0.1) is 15.8 Å². The molecule has 0 aromatic carbocycles. The fourth-order valence-electron chi connectivity index (χ4n) is 1.75. The molecule has 0 radical (unpaired) electrons. The van der Waals surface area contributed by atoms with E-state index >= 15 is 0 Å². The minimum atomic E-state index is -0.450. The van der Waals surface area contributed by atoms with Crippen molar-refractivity contribution >= 4 is 41.5 Å². The van der Waals surface area contributed by atoms with Crippen molar-refractivity contribution in [3.8, 4) is 0 Å². The average molecular weight is 637 g/mol. The summed E-state index contributed by atoms with van der Waals surface area (Å²) in [5, 5.41) is 0. The fourth-order valence-corrected chi connectivity index (χ4v) is 1.75.